The zero-order valence-corrected chi connectivity index (χ0v) is 14.1. The molecule has 1 aliphatic rings. The molecule has 0 aliphatic heterocycles. The van der Waals surface area contributed by atoms with Crippen molar-refractivity contribution >= 4 is 17.1 Å². The van der Waals surface area contributed by atoms with E-state index in [1.54, 1.807) is 19.5 Å². The van der Waals surface area contributed by atoms with Gasteiger partial charge >= 0.3 is 0 Å². The van der Waals surface area contributed by atoms with E-state index in [2.05, 4.69) is 41.0 Å². The summed E-state index contributed by atoms with van der Waals surface area (Å²) in [5, 5.41) is 3.07. The Bertz CT molecular complexity index is 713. The van der Waals surface area contributed by atoms with Crippen molar-refractivity contribution in [3.05, 3.63) is 23.7 Å². The molecule has 1 aliphatic carbocycles. The van der Waals surface area contributed by atoms with Crippen molar-refractivity contribution in [2.24, 2.45) is 5.41 Å². The summed E-state index contributed by atoms with van der Waals surface area (Å²) in [7, 11) is 1.64. The fraction of sp³-hybridized carbons (Fsp3) is 0.588. The molecule has 2 N–H and O–H groups in total. The number of amides is 1. The Morgan fingerprint density at radius 2 is 2.22 bits per heavy atom. The third-order valence-electron chi connectivity index (χ3n) is 4.32. The lowest BCUT2D eigenvalue weighted by Gasteiger charge is -2.30. The van der Waals surface area contributed by atoms with Gasteiger partial charge in [0.05, 0.1) is 30.1 Å². The van der Waals surface area contributed by atoms with E-state index in [-0.39, 0.29) is 17.4 Å². The second-order valence-corrected chi connectivity index (χ2v) is 7.32. The predicted molar refractivity (Wildman–Crippen MR) is 88.4 cm³/mol. The summed E-state index contributed by atoms with van der Waals surface area (Å²) in [4.78, 5) is 24.8. The van der Waals surface area contributed by atoms with Gasteiger partial charge in [0.2, 0.25) is 0 Å². The maximum Gasteiger partial charge on any atom is 0.255 e. The van der Waals surface area contributed by atoms with Gasteiger partial charge in [0.15, 0.2) is 5.65 Å². The van der Waals surface area contributed by atoms with E-state index in [0.717, 1.165) is 18.5 Å². The zero-order chi connectivity index (χ0) is 16.6. The molecule has 23 heavy (non-hydrogen) atoms. The van der Waals surface area contributed by atoms with E-state index in [1.165, 1.54) is 0 Å². The van der Waals surface area contributed by atoms with E-state index in [1.807, 2.05) is 0 Å². The van der Waals surface area contributed by atoms with Gasteiger partial charge < -0.3 is 15.0 Å². The zero-order valence-electron chi connectivity index (χ0n) is 14.1. The molecule has 0 spiro atoms. The minimum atomic E-state index is -0.143. The lowest BCUT2D eigenvalue weighted by Crippen LogP contribution is -2.46. The number of aromatic nitrogens is 3. The van der Waals surface area contributed by atoms with Crippen LogP contribution in [-0.2, 0) is 4.74 Å². The van der Waals surface area contributed by atoms with E-state index < -0.39 is 0 Å². The van der Waals surface area contributed by atoms with Gasteiger partial charge in [-0.05, 0) is 18.3 Å². The van der Waals surface area contributed by atoms with Crippen LogP contribution in [0.15, 0.2) is 12.4 Å². The predicted octanol–water partition coefficient (Wildman–Crippen LogP) is 2.63. The van der Waals surface area contributed by atoms with Gasteiger partial charge in [-0.1, -0.05) is 20.8 Å². The first-order chi connectivity index (χ1) is 10.9. The molecule has 1 saturated carbocycles. The topological polar surface area (TPSA) is 79.9 Å². The summed E-state index contributed by atoms with van der Waals surface area (Å²) in [5.41, 5.74) is 2.73. The highest BCUT2D eigenvalue weighted by atomic mass is 16.5. The molecule has 0 saturated heterocycles. The van der Waals surface area contributed by atoms with E-state index >= 15 is 0 Å². The van der Waals surface area contributed by atoms with Gasteiger partial charge in [-0.2, -0.15) is 0 Å². The van der Waals surface area contributed by atoms with E-state index in [4.69, 9.17) is 4.74 Å². The quantitative estimate of drug-likeness (QED) is 0.888. The van der Waals surface area contributed by atoms with Gasteiger partial charge in [0.25, 0.3) is 5.91 Å². The number of fused-ring (bicyclic) bond motifs is 1. The van der Waals surface area contributed by atoms with Crippen molar-refractivity contribution in [3.63, 3.8) is 0 Å². The number of carbonyl (C=O) groups excluding carboxylic acids is 1. The van der Waals surface area contributed by atoms with E-state index in [0.29, 0.717) is 29.3 Å². The summed E-state index contributed by atoms with van der Waals surface area (Å²) >= 11 is 0. The van der Waals surface area contributed by atoms with Gasteiger partial charge in [-0.15, -0.1) is 0 Å². The average molecular weight is 316 g/mol. The van der Waals surface area contributed by atoms with Crippen LogP contribution in [0, 0.1) is 5.41 Å². The Morgan fingerprint density at radius 1 is 1.48 bits per heavy atom. The Kier molecular flexibility index (Phi) is 4.10. The van der Waals surface area contributed by atoms with Crippen LogP contribution in [-0.4, -0.2) is 40.6 Å². The van der Waals surface area contributed by atoms with Gasteiger partial charge in [0, 0.05) is 19.2 Å². The molecule has 1 fully saturated rings. The summed E-state index contributed by atoms with van der Waals surface area (Å²) < 4.78 is 5.24. The number of rotatable bonds is 5. The second-order valence-electron chi connectivity index (χ2n) is 7.32. The van der Waals surface area contributed by atoms with Gasteiger partial charge in [-0.3, -0.25) is 4.79 Å². The van der Waals surface area contributed by atoms with Crippen LogP contribution >= 0.6 is 0 Å². The Balaban J connectivity index is 1.86. The number of hydrogen-bond acceptors (Lipinski definition) is 4. The first-order valence-electron chi connectivity index (χ1n) is 8.04. The molecule has 0 radical (unpaired) electrons. The van der Waals surface area contributed by atoms with Crippen molar-refractivity contribution in [2.75, 3.05) is 13.7 Å². The first kappa shape index (κ1) is 15.9. The summed E-state index contributed by atoms with van der Waals surface area (Å²) in [6.07, 6.45) is 5.81. The fourth-order valence-corrected chi connectivity index (χ4v) is 2.56. The van der Waals surface area contributed by atoms with Gasteiger partial charge in [0.1, 0.15) is 5.52 Å². The molecule has 1 unspecified atom stereocenters. The number of hydrogen-bond donors (Lipinski definition) is 2. The maximum absolute atomic E-state index is 12.7. The maximum atomic E-state index is 12.7. The van der Waals surface area contributed by atoms with Gasteiger partial charge in [-0.25, -0.2) is 9.97 Å². The van der Waals surface area contributed by atoms with Crippen LogP contribution in [0.2, 0.25) is 0 Å². The lowest BCUT2D eigenvalue weighted by atomic mass is 9.87. The summed E-state index contributed by atoms with van der Waals surface area (Å²) in [6.45, 7) is 6.71. The lowest BCUT2D eigenvalue weighted by molar-refractivity contribution is 0.0788. The highest BCUT2D eigenvalue weighted by Gasteiger charge is 2.29. The Hall–Kier alpha value is -1.95. The van der Waals surface area contributed by atoms with E-state index in [9.17, 15) is 4.79 Å². The molecular weight excluding hydrogens is 292 g/mol. The monoisotopic (exact) mass is 316 g/mol. The highest BCUT2D eigenvalue weighted by molar-refractivity contribution is 6.04. The number of aromatic amines is 1. The van der Waals surface area contributed by atoms with Crippen molar-refractivity contribution < 1.29 is 9.53 Å². The molecule has 2 aromatic rings. The molecule has 6 heteroatoms. The molecule has 124 valence electrons. The number of carbonyl (C=O) groups is 1. The van der Waals surface area contributed by atoms with Crippen molar-refractivity contribution in [3.8, 4) is 0 Å². The minimum Gasteiger partial charge on any atom is -0.383 e. The number of nitrogens with zero attached hydrogens (tertiary/aromatic N) is 2. The number of ether oxygens (including phenoxy) is 1. The molecular formula is C17H24N4O2. The molecule has 1 amide bonds. The third kappa shape index (κ3) is 3.37. The van der Waals surface area contributed by atoms with Crippen LogP contribution in [0.5, 0.6) is 0 Å². The number of nitrogens with one attached hydrogen (secondary N) is 2. The van der Waals surface area contributed by atoms with Crippen LogP contribution in [0.1, 0.15) is 55.6 Å². The third-order valence-corrected chi connectivity index (χ3v) is 4.32. The number of methoxy groups -OCH3 is 1. The van der Waals surface area contributed by atoms with Crippen LogP contribution in [0.3, 0.4) is 0 Å². The van der Waals surface area contributed by atoms with Crippen LogP contribution < -0.4 is 5.32 Å². The number of H-pyrrole nitrogens is 1. The average Bonchev–Trinajstić information content (AvgIpc) is 3.25. The van der Waals surface area contributed by atoms with Crippen molar-refractivity contribution in [2.45, 2.75) is 45.6 Å². The summed E-state index contributed by atoms with van der Waals surface area (Å²) in [5.74, 6) is 0.365. The first-order valence-corrected chi connectivity index (χ1v) is 8.04. The summed E-state index contributed by atoms with van der Waals surface area (Å²) in [6, 6.07) is -0.0791. The van der Waals surface area contributed by atoms with Crippen molar-refractivity contribution in [1.29, 1.82) is 0 Å². The Labute approximate surface area is 136 Å². The molecule has 0 aromatic carbocycles. The van der Waals surface area contributed by atoms with Crippen LogP contribution in [0.4, 0.5) is 0 Å². The Morgan fingerprint density at radius 3 is 2.83 bits per heavy atom. The smallest absolute Gasteiger partial charge is 0.255 e. The normalized spacial score (nSPS) is 16.5. The standard InChI is InChI=1S/C17H24N4O2/c1-17(2,3)13(9-23-4)21-16(22)11-7-18-15-14(11)20-12(8-19-15)10-5-6-10/h7-8,10,13H,5-6,9H2,1-4H3,(H,18,19)(H,21,22). The minimum absolute atomic E-state index is 0.0791. The van der Waals surface area contributed by atoms with Crippen LogP contribution in [0.25, 0.3) is 11.2 Å². The SMILES string of the molecule is COCC(NC(=O)c1c[nH]c2ncc(C3CC3)nc12)C(C)(C)C. The largest absolute Gasteiger partial charge is 0.383 e. The molecule has 1 atom stereocenters. The molecule has 0 bridgehead atoms. The fourth-order valence-electron chi connectivity index (χ4n) is 2.56. The second kappa shape index (κ2) is 5.92. The highest BCUT2D eigenvalue weighted by Crippen LogP contribution is 2.39. The molecule has 3 rings (SSSR count). The molecule has 6 nitrogen and oxygen atoms in total. The molecule has 2 heterocycles. The molecule has 2 aromatic heterocycles. The van der Waals surface area contributed by atoms with Crippen molar-refractivity contribution in [1.82, 2.24) is 20.3 Å².